The van der Waals surface area contributed by atoms with Crippen LogP contribution in [0.2, 0.25) is 0 Å². The maximum Gasteiger partial charge on any atom is 0.331 e. The molecule has 0 aliphatic heterocycles. The van der Waals surface area contributed by atoms with Crippen molar-refractivity contribution in [2.45, 2.75) is 63.8 Å². The number of ether oxygens (including phenoxy) is 1. The Kier molecular flexibility index (Phi) is 4.76. The fraction of sp³-hybridized carbons (Fsp3) is 0.667. The first-order chi connectivity index (χ1) is 11.0. The predicted octanol–water partition coefficient (Wildman–Crippen LogP) is 3.48. The standard InChI is InChI=1S/C18H25NO3S/c1-12-6-7-14-13(10-12)11-15(23-14)16(20)19-18(17(21)22-2)8-4-3-5-9-18/h11-12H,3-10H2,1-2H3,(H,19,20). The summed E-state index contributed by atoms with van der Waals surface area (Å²) in [5, 5.41) is 3.02. The number of nitrogens with one attached hydrogen (secondary N) is 1. The topological polar surface area (TPSA) is 55.4 Å². The molecule has 23 heavy (non-hydrogen) atoms. The molecule has 1 amide bonds. The van der Waals surface area contributed by atoms with Crippen molar-refractivity contribution in [1.29, 1.82) is 0 Å². The molecule has 3 rings (SSSR count). The Bertz CT molecular complexity index is 601. The summed E-state index contributed by atoms with van der Waals surface area (Å²) in [6, 6.07) is 2.03. The van der Waals surface area contributed by atoms with Gasteiger partial charge in [-0.25, -0.2) is 4.79 Å². The van der Waals surface area contributed by atoms with Gasteiger partial charge in [0.05, 0.1) is 12.0 Å². The Hall–Kier alpha value is -1.36. The van der Waals surface area contributed by atoms with Crippen molar-refractivity contribution in [2.24, 2.45) is 5.92 Å². The highest BCUT2D eigenvalue weighted by molar-refractivity contribution is 7.14. The second-order valence-electron chi connectivity index (χ2n) is 7.00. The quantitative estimate of drug-likeness (QED) is 0.861. The van der Waals surface area contributed by atoms with E-state index in [-0.39, 0.29) is 11.9 Å². The van der Waals surface area contributed by atoms with Crippen LogP contribution in [0.25, 0.3) is 0 Å². The third-order valence-corrected chi connectivity index (χ3v) is 6.42. The lowest BCUT2D eigenvalue weighted by molar-refractivity contribution is -0.149. The summed E-state index contributed by atoms with van der Waals surface area (Å²) in [5.41, 5.74) is 0.483. The van der Waals surface area contributed by atoms with E-state index in [0.717, 1.165) is 37.0 Å². The zero-order valence-corrected chi connectivity index (χ0v) is 14.8. The number of esters is 1. The summed E-state index contributed by atoms with van der Waals surface area (Å²) >= 11 is 1.59. The van der Waals surface area contributed by atoms with Crippen molar-refractivity contribution < 1.29 is 14.3 Å². The summed E-state index contributed by atoms with van der Waals surface area (Å²) < 4.78 is 4.97. The molecule has 0 saturated heterocycles. The van der Waals surface area contributed by atoms with Gasteiger partial charge in [-0.3, -0.25) is 4.79 Å². The molecule has 1 atom stereocenters. The van der Waals surface area contributed by atoms with E-state index in [9.17, 15) is 9.59 Å². The summed E-state index contributed by atoms with van der Waals surface area (Å²) in [6.45, 7) is 2.26. The molecular formula is C18H25NO3S. The monoisotopic (exact) mass is 335 g/mol. The van der Waals surface area contributed by atoms with Crippen LogP contribution >= 0.6 is 11.3 Å². The van der Waals surface area contributed by atoms with Crippen LogP contribution in [0.3, 0.4) is 0 Å². The van der Waals surface area contributed by atoms with E-state index in [1.165, 1.54) is 24.0 Å². The first kappa shape index (κ1) is 16.5. The average Bonchev–Trinajstić information content (AvgIpc) is 2.98. The Morgan fingerprint density at radius 1 is 1.30 bits per heavy atom. The lowest BCUT2D eigenvalue weighted by atomic mass is 9.81. The third-order valence-electron chi connectivity index (χ3n) is 5.19. The van der Waals surface area contributed by atoms with Crippen LogP contribution in [-0.2, 0) is 22.4 Å². The second kappa shape index (κ2) is 6.63. The van der Waals surface area contributed by atoms with Gasteiger partial charge in [-0.05, 0) is 49.7 Å². The van der Waals surface area contributed by atoms with Gasteiger partial charge in [0.1, 0.15) is 5.54 Å². The van der Waals surface area contributed by atoms with E-state index in [2.05, 4.69) is 12.2 Å². The Labute approximate surface area is 141 Å². The largest absolute Gasteiger partial charge is 0.467 e. The number of hydrogen-bond acceptors (Lipinski definition) is 4. The van der Waals surface area contributed by atoms with Crippen LogP contribution in [0.15, 0.2) is 6.07 Å². The number of hydrogen-bond donors (Lipinski definition) is 1. The fourth-order valence-corrected chi connectivity index (χ4v) is 4.93. The lowest BCUT2D eigenvalue weighted by Crippen LogP contribution is -2.56. The second-order valence-corrected chi connectivity index (χ2v) is 8.13. The maximum atomic E-state index is 12.7. The van der Waals surface area contributed by atoms with Crippen LogP contribution in [-0.4, -0.2) is 24.5 Å². The molecule has 4 nitrogen and oxygen atoms in total. The van der Waals surface area contributed by atoms with Crippen molar-refractivity contribution in [2.75, 3.05) is 7.11 Å². The average molecular weight is 335 g/mol. The van der Waals surface area contributed by atoms with Gasteiger partial charge in [0.2, 0.25) is 0 Å². The summed E-state index contributed by atoms with van der Waals surface area (Å²) in [7, 11) is 1.40. The number of carbonyl (C=O) groups excluding carboxylic acids is 2. The van der Waals surface area contributed by atoms with E-state index < -0.39 is 5.54 Å². The number of amides is 1. The van der Waals surface area contributed by atoms with E-state index in [4.69, 9.17) is 4.74 Å². The van der Waals surface area contributed by atoms with Crippen molar-refractivity contribution in [3.63, 3.8) is 0 Å². The number of fused-ring (bicyclic) bond motifs is 1. The van der Waals surface area contributed by atoms with Crippen molar-refractivity contribution >= 4 is 23.2 Å². The Morgan fingerprint density at radius 3 is 2.74 bits per heavy atom. The molecule has 1 N–H and O–H groups in total. The van der Waals surface area contributed by atoms with Gasteiger partial charge in [-0.1, -0.05) is 26.2 Å². The molecule has 1 heterocycles. The molecule has 5 heteroatoms. The van der Waals surface area contributed by atoms with Crippen molar-refractivity contribution in [3.8, 4) is 0 Å². The molecule has 1 saturated carbocycles. The Balaban J connectivity index is 1.78. The van der Waals surface area contributed by atoms with Crippen LogP contribution < -0.4 is 5.32 Å². The maximum absolute atomic E-state index is 12.7. The van der Waals surface area contributed by atoms with Crippen LogP contribution in [0.4, 0.5) is 0 Å². The van der Waals surface area contributed by atoms with Gasteiger partial charge >= 0.3 is 5.97 Å². The molecule has 1 unspecified atom stereocenters. The van der Waals surface area contributed by atoms with E-state index in [1.807, 2.05) is 6.07 Å². The summed E-state index contributed by atoms with van der Waals surface area (Å²) in [4.78, 5) is 27.1. The van der Waals surface area contributed by atoms with Gasteiger partial charge in [0.25, 0.3) is 5.91 Å². The normalized spacial score (nSPS) is 23.0. The number of methoxy groups -OCH3 is 1. The van der Waals surface area contributed by atoms with Gasteiger partial charge in [0, 0.05) is 4.88 Å². The molecule has 0 aromatic carbocycles. The number of thiophene rings is 1. The molecule has 1 fully saturated rings. The van der Waals surface area contributed by atoms with E-state index >= 15 is 0 Å². The van der Waals surface area contributed by atoms with Crippen LogP contribution in [0.5, 0.6) is 0 Å². The first-order valence-electron chi connectivity index (χ1n) is 8.56. The van der Waals surface area contributed by atoms with Gasteiger partial charge < -0.3 is 10.1 Å². The van der Waals surface area contributed by atoms with Crippen molar-refractivity contribution in [3.05, 3.63) is 21.4 Å². The predicted molar refractivity (Wildman–Crippen MR) is 90.8 cm³/mol. The highest BCUT2D eigenvalue weighted by Crippen LogP contribution is 2.34. The summed E-state index contributed by atoms with van der Waals surface area (Å²) in [6.07, 6.45) is 7.68. The molecule has 1 aromatic rings. The molecule has 2 aliphatic rings. The van der Waals surface area contributed by atoms with Crippen LogP contribution in [0, 0.1) is 5.92 Å². The van der Waals surface area contributed by atoms with Crippen LogP contribution in [0.1, 0.15) is 65.6 Å². The smallest absolute Gasteiger partial charge is 0.331 e. The van der Waals surface area contributed by atoms with Crippen molar-refractivity contribution in [1.82, 2.24) is 5.32 Å². The fourth-order valence-electron chi connectivity index (χ4n) is 3.83. The molecular weight excluding hydrogens is 310 g/mol. The Morgan fingerprint density at radius 2 is 2.04 bits per heavy atom. The first-order valence-corrected chi connectivity index (χ1v) is 9.38. The van der Waals surface area contributed by atoms with E-state index in [0.29, 0.717) is 18.8 Å². The lowest BCUT2D eigenvalue weighted by Gasteiger charge is -2.35. The SMILES string of the molecule is COC(=O)C1(NC(=O)c2cc3c(s2)CCC(C)C3)CCCCC1. The zero-order valence-electron chi connectivity index (χ0n) is 13.9. The molecule has 0 radical (unpaired) electrons. The van der Waals surface area contributed by atoms with Gasteiger partial charge in [-0.2, -0.15) is 0 Å². The minimum absolute atomic E-state index is 0.121. The highest BCUT2D eigenvalue weighted by atomic mass is 32.1. The minimum Gasteiger partial charge on any atom is -0.467 e. The van der Waals surface area contributed by atoms with E-state index in [1.54, 1.807) is 11.3 Å². The molecule has 0 bridgehead atoms. The molecule has 126 valence electrons. The number of carbonyl (C=O) groups is 2. The number of aryl methyl sites for hydroxylation is 1. The molecule has 1 aromatic heterocycles. The number of rotatable bonds is 3. The third kappa shape index (κ3) is 3.30. The zero-order chi connectivity index (χ0) is 16.4. The van der Waals surface area contributed by atoms with Gasteiger partial charge in [0.15, 0.2) is 0 Å². The van der Waals surface area contributed by atoms with Gasteiger partial charge in [-0.15, -0.1) is 11.3 Å². The minimum atomic E-state index is -0.831. The molecule has 0 spiro atoms. The summed E-state index contributed by atoms with van der Waals surface area (Å²) in [5.74, 6) is 0.262. The highest BCUT2D eigenvalue weighted by Gasteiger charge is 2.42. The molecule has 2 aliphatic carbocycles.